The zero-order valence-electron chi connectivity index (χ0n) is 22.0. The summed E-state index contributed by atoms with van der Waals surface area (Å²) in [6.45, 7) is 8.98. The van der Waals surface area contributed by atoms with E-state index in [1.54, 1.807) is 19.1 Å². The second-order valence-corrected chi connectivity index (χ2v) is 9.91. The van der Waals surface area contributed by atoms with E-state index >= 15 is 0 Å². The molecule has 3 rings (SSSR count). The van der Waals surface area contributed by atoms with E-state index in [0.29, 0.717) is 47.8 Å². The molecule has 0 aliphatic heterocycles. The van der Waals surface area contributed by atoms with Gasteiger partial charge in [-0.1, -0.05) is 33.4 Å². The summed E-state index contributed by atoms with van der Waals surface area (Å²) in [7, 11) is 0. The standard InChI is InChI=1S/C29H34N2O7/c1-5-20-11-22(15-33)24(12-21(20)14-32)23-8-9-25(27(34)30-13-19-6-7-19)31-26(23)29(36)38-16-37-28(35)18(4)10-17(2)3/h5,8-9,11-12,15,17-19,32H,1,6-7,10,13-14,16H2,2-4H3,(H,30,34)/t18-/m0/s1. The number of ether oxygens (including phenoxy) is 2. The number of carbonyl (C=O) groups excluding carboxylic acids is 4. The normalized spacial score (nSPS) is 13.5. The van der Waals surface area contributed by atoms with Crippen molar-refractivity contribution < 1.29 is 33.8 Å². The van der Waals surface area contributed by atoms with Crippen LogP contribution >= 0.6 is 0 Å². The van der Waals surface area contributed by atoms with Crippen LogP contribution in [0.5, 0.6) is 0 Å². The molecule has 9 heteroatoms. The van der Waals surface area contributed by atoms with Gasteiger partial charge in [0, 0.05) is 17.7 Å². The van der Waals surface area contributed by atoms with Gasteiger partial charge in [-0.05, 0) is 72.1 Å². The smallest absolute Gasteiger partial charge is 0.360 e. The van der Waals surface area contributed by atoms with Crippen LogP contribution in [0.3, 0.4) is 0 Å². The number of nitrogens with zero attached hydrogens (tertiary/aromatic N) is 1. The number of pyridine rings is 1. The van der Waals surface area contributed by atoms with Crippen LogP contribution in [0.15, 0.2) is 30.8 Å². The molecule has 1 saturated carbocycles. The van der Waals surface area contributed by atoms with E-state index in [2.05, 4.69) is 16.9 Å². The van der Waals surface area contributed by atoms with Crippen molar-refractivity contribution in [3.05, 3.63) is 58.9 Å². The molecule has 0 radical (unpaired) electrons. The third-order valence-electron chi connectivity index (χ3n) is 6.31. The Labute approximate surface area is 222 Å². The lowest BCUT2D eigenvalue weighted by Crippen LogP contribution is -2.27. The Morgan fingerprint density at radius 3 is 2.47 bits per heavy atom. The molecule has 202 valence electrons. The molecule has 9 nitrogen and oxygen atoms in total. The number of aromatic nitrogens is 1. The average molecular weight is 523 g/mol. The Morgan fingerprint density at radius 2 is 1.87 bits per heavy atom. The topological polar surface area (TPSA) is 132 Å². The van der Waals surface area contributed by atoms with E-state index in [-0.39, 0.29) is 35.0 Å². The fourth-order valence-electron chi connectivity index (χ4n) is 4.10. The minimum absolute atomic E-state index is 0.00152. The number of aliphatic hydroxyl groups excluding tert-OH is 1. The molecule has 1 fully saturated rings. The maximum Gasteiger partial charge on any atom is 0.360 e. The first-order chi connectivity index (χ1) is 18.2. The molecule has 0 saturated heterocycles. The number of amides is 1. The molecule has 1 atom stereocenters. The number of aldehydes is 1. The van der Waals surface area contributed by atoms with Gasteiger partial charge in [0.2, 0.25) is 6.79 Å². The summed E-state index contributed by atoms with van der Waals surface area (Å²) in [6.07, 6.45) is 4.87. The summed E-state index contributed by atoms with van der Waals surface area (Å²) >= 11 is 0. The molecule has 0 spiro atoms. The molecule has 38 heavy (non-hydrogen) atoms. The molecule has 1 aromatic heterocycles. The van der Waals surface area contributed by atoms with E-state index < -0.39 is 24.6 Å². The second kappa shape index (κ2) is 13.1. The average Bonchev–Trinajstić information content (AvgIpc) is 3.74. The second-order valence-electron chi connectivity index (χ2n) is 9.91. The van der Waals surface area contributed by atoms with Gasteiger partial charge in [-0.25, -0.2) is 9.78 Å². The summed E-state index contributed by atoms with van der Waals surface area (Å²) in [5.41, 5.74) is 1.60. The fourth-order valence-corrected chi connectivity index (χ4v) is 4.10. The molecule has 1 aromatic carbocycles. The third kappa shape index (κ3) is 7.35. The van der Waals surface area contributed by atoms with Crippen LogP contribution in [0.2, 0.25) is 0 Å². The van der Waals surface area contributed by atoms with E-state index in [1.165, 1.54) is 18.2 Å². The zero-order valence-corrected chi connectivity index (χ0v) is 22.0. The van der Waals surface area contributed by atoms with E-state index in [9.17, 15) is 24.3 Å². The van der Waals surface area contributed by atoms with Gasteiger partial charge in [0.1, 0.15) is 5.69 Å². The number of carbonyl (C=O) groups is 4. The lowest BCUT2D eigenvalue weighted by molar-refractivity contribution is -0.157. The van der Waals surface area contributed by atoms with Gasteiger partial charge < -0.3 is 19.9 Å². The number of hydrogen-bond acceptors (Lipinski definition) is 8. The monoisotopic (exact) mass is 522 g/mol. The maximum atomic E-state index is 13.1. The summed E-state index contributed by atoms with van der Waals surface area (Å²) in [5, 5.41) is 12.6. The van der Waals surface area contributed by atoms with Crippen molar-refractivity contribution in [1.29, 1.82) is 0 Å². The van der Waals surface area contributed by atoms with Crippen molar-refractivity contribution in [2.45, 2.75) is 46.6 Å². The zero-order chi connectivity index (χ0) is 27.8. The van der Waals surface area contributed by atoms with Crippen molar-refractivity contribution in [1.82, 2.24) is 10.3 Å². The highest BCUT2D eigenvalue weighted by Crippen LogP contribution is 2.31. The quantitative estimate of drug-likeness (QED) is 0.228. The summed E-state index contributed by atoms with van der Waals surface area (Å²) in [6, 6.07) is 6.07. The van der Waals surface area contributed by atoms with Crippen LogP contribution in [0.25, 0.3) is 17.2 Å². The molecule has 0 bridgehead atoms. The first-order valence-corrected chi connectivity index (χ1v) is 12.7. The van der Waals surface area contributed by atoms with Crippen LogP contribution in [0, 0.1) is 17.8 Å². The molecule has 1 heterocycles. The predicted molar refractivity (Wildman–Crippen MR) is 141 cm³/mol. The third-order valence-corrected chi connectivity index (χ3v) is 6.31. The molecule has 1 amide bonds. The fraction of sp³-hybridized carbons (Fsp3) is 0.414. The summed E-state index contributed by atoms with van der Waals surface area (Å²) < 4.78 is 10.3. The van der Waals surface area contributed by atoms with Crippen LogP contribution in [-0.4, -0.2) is 47.6 Å². The van der Waals surface area contributed by atoms with Gasteiger partial charge in [0.05, 0.1) is 12.5 Å². The van der Waals surface area contributed by atoms with Gasteiger partial charge in [-0.3, -0.25) is 14.4 Å². The molecule has 0 unspecified atom stereocenters. The Morgan fingerprint density at radius 1 is 1.13 bits per heavy atom. The van der Waals surface area contributed by atoms with Crippen molar-refractivity contribution >= 4 is 30.2 Å². The van der Waals surface area contributed by atoms with Crippen LogP contribution < -0.4 is 5.32 Å². The Hall–Kier alpha value is -3.85. The minimum Gasteiger partial charge on any atom is -0.428 e. The minimum atomic E-state index is -0.934. The maximum absolute atomic E-state index is 13.1. The number of aliphatic hydroxyl groups is 1. The Bertz CT molecular complexity index is 1220. The summed E-state index contributed by atoms with van der Waals surface area (Å²) in [5.74, 6) is -1.49. The number of esters is 2. The number of rotatable bonds is 13. The van der Waals surface area contributed by atoms with Gasteiger partial charge >= 0.3 is 11.9 Å². The van der Waals surface area contributed by atoms with E-state index in [4.69, 9.17) is 9.47 Å². The van der Waals surface area contributed by atoms with Crippen molar-refractivity contribution in [2.24, 2.45) is 17.8 Å². The lowest BCUT2D eigenvalue weighted by atomic mass is 9.93. The highest BCUT2D eigenvalue weighted by Gasteiger charge is 2.25. The van der Waals surface area contributed by atoms with Gasteiger partial charge in [0.15, 0.2) is 12.0 Å². The van der Waals surface area contributed by atoms with Gasteiger partial charge in [-0.2, -0.15) is 0 Å². The number of nitrogens with one attached hydrogen (secondary N) is 1. The van der Waals surface area contributed by atoms with E-state index in [0.717, 1.165) is 12.8 Å². The molecule has 1 aliphatic rings. The number of benzene rings is 1. The predicted octanol–water partition coefficient (Wildman–Crippen LogP) is 4.18. The van der Waals surface area contributed by atoms with Gasteiger partial charge in [-0.15, -0.1) is 0 Å². The molecule has 2 aromatic rings. The lowest BCUT2D eigenvalue weighted by Gasteiger charge is -2.16. The van der Waals surface area contributed by atoms with Crippen molar-refractivity contribution in [3.63, 3.8) is 0 Å². The van der Waals surface area contributed by atoms with Crippen LogP contribution in [0.4, 0.5) is 0 Å². The molecule has 1 aliphatic carbocycles. The highest BCUT2D eigenvalue weighted by molar-refractivity contribution is 6.01. The molecular formula is C29H34N2O7. The van der Waals surface area contributed by atoms with Crippen molar-refractivity contribution in [3.8, 4) is 11.1 Å². The van der Waals surface area contributed by atoms with Crippen molar-refractivity contribution in [2.75, 3.05) is 13.3 Å². The highest BCUT2D eigenvalue weighted by atomic mass is 16.7. The van der Waals surface area contributed by atoms with Crippen LogP contribution in [-0.2, 0) is 20.9 Å². The Balaban J connectivity index is 1.92. The molecule has 2 N–H and O–H groups in total. The summed E-state index contributed by atoms with van der Waals surface area (Å²) in [4.78, 5) is 54.2. The largest absolute Gasteiger partial charge is 0.428 e. The van der Waals surface area contributed by atoms with Gasteiger partial charge in [0.25, 0.3) is 5.91 Å². The molecular weight excluding hydrogens is 488 g/mol. The van der Waals surface area contributed by atoms with Crippen LogP contribution in [0.1, 0.15) is 82.5 Å². The van der Waals surface area contributed by atoms with E-state index in [1.807, 2.05) is 13.8 Å². The first-order valence-electron chi connectivity index (χ1n) is 12.7. The first kappa shape index (κ1) is 28.7. The Kier molecular flexibility index (Phi) is 9.90. The number of hydrogen-bond donors (Lipinski definition) is 2. The SMILES string of the molecule is C=Cc1cc(C=O)c(-c2ccc(C(=O)NCC3CC3)nc2C(=O)OCOC(=O)[C@@H](C)CC(C)C)cc1CO.